The fourth-order valence-electron chi connectivity index (χ4n) is 2.46. The molecule has 1 aromatic carbocycles. The number of para-hydroxylation sites is 1. The number of nitrogens with zero attached hydrogens (tertiary/aromatic N) is 1. The molecule has 1 fully saturated rings. The van der Waals surface area contributed by atoms with Gasteiger partial charge in [-0.3, -0.25) is 4.79 Å². The minimum atomic E-state index is -0.0628. The molecule has 1 aromatic heterocycles. The molecule has 0 radical (unpaired) electrons. The van der Waals surface area contributed by atoms with Gasteiger partial charge in [-0.05, 0) is 36.0 Å². The minimum Gasteiger partial charge on any atom is -0.384 e. The monoisotopic (exact) mass is 287 g/mol. The summed E-state index contributed by atoms with van der Waals surface area (Å²) >= 11 is 1.95. The molecule has 1 amide bonds. The van der Waals surface area contributed by atoms with Gasteiger partial charge in [0.1, 0.15) is 5.82 Å². The van der Waals surface area contributed by atoms with Gasteiger partial charge in [0.15, 0.2) is 0 Å². The molecule has 1 atom stereocenters. The number of nitrogens with two attached hydrogens (primary N) is 1. The average molecular weight is 287 g/mol. The maximum absolute atomic E-state index is 12.4. The van der Waals surface area contributed by atoms with Gasteiger partial charge in [-0.2, -0.15) is 11.8 Å². The Balaban J connectivity index is 1.83. The van der Waals surface area contributed by atoms with E-state index in [9.17, 15) is 4.79 Å². The Bertz CT molecular complexity index is 638. The fraction of sp³-hybridized carbons (Fsp3) is 0.333. The number of carbonyl (C=O) groups excluding carboxylic acids is 1. The zero-order chi connectivity index (χ0) is 13.9. The summed E-state index contributed by atoms with van der Waals surface area (Å²) in [6.07, 6.45) is 1.18. The molecule has 5 heteroatoms. The lowest BCUT2D eigenvalue weighted by molar-refractivity contribution is 0.0950. The summed E-state index contributed by atoms with van der Waals surface area (Å²) in [4.78, 5) is 16.6. The predicted octanol–water partition coefficient (Wildman–Crippen LogP) is 2.30. The summed E-state index contributed by atoms with van der Waals surface area (Å²) in [6.45, 7) is 0.738. The van der Waals surface area contributed by atoms with Gasteiger partial charge < -0.3 is 11.1 Å². The Morgan fingerprint density at radius 3 is 3.10 bits per heavy atom. The number of nitrogen functional groups attached to an aromatic ring is 1. The highest BCUT2D eigenvalue weighted by atomic mass is 32.2. The molecule has 0 bridgehead atoms. The van der Waals surface area contributed by atoms with E-state index in [0.717, 1.165) is 23.2 Å². The van der Waals surface area contributed by atoms with Crippen molar-refractivity contribution in [2.24, 2.45) is 5.92 Å². The quantitative estimate of drug-likeness (QED) is 0.909. The Labute approximate surface area is 122 Å². The standard InChI is InChI=1S/C15H17N3OS/c16-14-7-12(11-3-1-2-4-13(11)18-14)15(19)17-8-10-5-6-20-9-10/h1-4,7,10H,5-6,8-9H2,(H2,16,18)(H,17,19). The summed E-state index contributed by atoms with van der Waals surface area (Å²) in [5.41, 5.74) is 7.15. The van der Waals surface area contributed by atoms with Crippen LogP contribution in [-0.2, 0) is 0 Å². The number of hydrogen-bond acceptors (Lipinski definition) is 4. The SMILES string of the molecule is Nc1cc(C(=O)NCC2CCSC2)c2ccccc2n1. The van der Waals surface area contributed by atoms with Crippen molar-refractivity contribution in [3.63, 3.8) is 0 Å². The number of hydrogen-bond donors (Lipinski definition) is 2. The van der Waals surface area contributed by atoms with Crippen LogP contribution in [0.4, 0.5) is 5.82 Å². The molecule has 0 spiro atoms. The van der Waals surface area contributed by atoms with E-state index in [1.165, 1.54) is 12.2 Å². The van der Waals surface area contributed by atoms with E-state index in [4.69, 9.17) is 5.73 Å². The van der Waals surface area contributed by atoms with Crippen molar-refractivity contribution in [3.05, 3.63) is 35.9 Å². The Morgan fingerprint density at radius 1 is 1.45 bits per heavy atom. The number of nitrogens with one attached hydrogen (secondary N) is 1. The maximum Gasteiger partial charge on any atom is 0.252 e. The number of carbonyl (C=O) groups is 1. The topological polar surface area (TPSA) is 68.0 Å². The molecule has 20 heavy (non-hydrogen) atoms. The van der Waals surface area contributed by atoms with Crippen LogP contribution in [-0.4, -0.2) is 28.9 Å². The molecule has 0 saturated carbocycles. The van der Waals surface area contributed by atoms with Gasteiger partial charge in [-0.1, -0.05) is 18.2 Å². The first-order valence-electron chi connectivity index (χ1n) is 6.75. The largest absolute Gasteiger partial charge is 0.384 e. The summed E-state index contributed by atoms with van der Waals surface area (Å²) in [5, 5.41) is 3.87. The van der Waals surface area contributed by atoms with Gasteiger partial charge in [0.05, 0.1) is 11.1 Å². The van der Waals surface area contributed by atoms with Crippen LogP contribution in [0, 0.1) is 5.92 Å². The predicted molar refractivity (Wildman–Crippen MR) is 83.9 cm³/mol. The lowest BCUT2D eigenvalue weighted by atomic mass is 10.1. The molecule has 3 rings (SSSR count). The van der Waals surface area contributed by atoms with Gasteiger partial charge in [0.25, 0.3) is 5.91 Å². The zero-order valence-electron chi connectivity index (χ0n) is 11.1. The molecule has 1 aliphatic heterocycles. The zero-order valence-corrected chi connectivity index (χ0v) is 12.0. The molecule has 4 nitrogen and oxygen atoms in total. The van der Waals surface area contributed by atoms with Crippen LogP contribution in [0.1, 0.15) is 16.8 Å². The highest BCUT2D eigenvalue weighted by molar-refractivity contribution is 7.99. The van der Waals surface area contributed by atoms with Gasteiger partial charge in [-0.15, -0.1) is 0 Å². The lowest BCUT2D eigenvalue weighted by Gasteiger charge is -2.12. The Kier molecular flexibility index (Phi) is 3.78. The van der Waals surface area contributed by atoms with E-state index in [-0.39, 0.29) is 5.91 Å². The average Bonchev–Trinajstić information content (AvgIpc) is 2.97. The first-order chi connectivity index (χ1) is 9.74. The highest BCUT2D eigenvalue weighted by Gasteiger charge is 2.18. The van der Waals surface area contributed by atoms with Gasteiger partial charge in [-0.25, -0.2) is 4.98 Å². The molecular formula is C15H17N3OS. The first-order valence-corrected chi connectivity index (χ1v) is 7.91. The summed E-state index contributed by atoms with van der Waals surface area (Å²) in [6, 6.07) is 9.23. The summed E-state index contributed by atoms with van der Waals surface area (Å²) < 4.78 is 0. The van der Waals surface area contributed by atoms with Crippen molar-refractivity contribution < 1.29 is 4.79 Å². The van der Waals surface area contributed by atoms with Gasteiger partial charge >= 0.3 is 0 Å². The molecule has 2 heterocycles. The van der Waals surface area contributed by atoms with Gasteiger partial charge in [0.2, 0.25) is 0 Å². The molecule has 104 valence electrons. The van der Waals surface area contributed by atoms with Crippen LogP contribution < -0.4 is 11.1 Å². The number of aromatic nitrogens is 1. The highest BCUT2D eigenvalue weighted by Crippen LogP contribution is 2.23. The van der Waals surface area contributed by atoms with Crippen molar-refractivity contribution in [1.82, 2.24) is 10.3 Å². The normalized spacial score (nSPS) is 18.3. The minimum absolute atomic E-state index is 0.0628. The van der Waals surface area contributed by atoms with Gasteiger partial charge in [0, 0.05) is 11.9 Å². The van der Waals surface area contributed by atoms with Crippen LogP contribution in [0.3, 0.4) is 0 Å². The number of thioether (sulfide) groups is 1. The van der Waals surface area contributed by atoms with Crippen molar-refractivity contribution in [1.29, 1.82) is 0 Å². The number of fused-ring (bicyclic) bond motifs is 1. The third-order valence-electron chi connectivity index (χ3n) is 3.56. The fourth-order valence-corrected chi connectivity index (χ4v) is 3.74. The van der Waals surface area contributed by atoms with E-state index < -0.39 is 0 Å². The van der Waals surface area contributed by atoms with Crippen molar-refractivity contribution in [3.8, 4) is 0 Å². The smallest absolute Gasteiger partial charge is 0.252 e. The molecule has 1 unspecified atom stereocenters. The van der Waals surface area contributed by atoms with E-state index >= 15 is 0 Å². The van der Waals surface area contributed by atoms with Crippen molar-refractivity contribution in [2.45, 2.75) is 6.42 Å². The molecule has 0 aliphatic carbocycles. The third-order valence-corrected chi connectivity index (χ3v) is 4.79. The number of rotatable bonds is 3. The van der Waals surface area contributed by atoms with Crippen LogP contribution in [0.15, 0.2) is 30.3 Å². The van der Waals surface area contributed by atoms with E-state index in [2.05, 4.69) is 10.3 Å². The number of amides is 1. The number of pyridine rings is 1. The lowest BCUT2D eigenvalue weighted by Crippen LogP contribution is -2.29. The first kappa shape index (κ1) is 13.2. The summed E-state index contributed by atoms with van der Waals surface area (Å²) in [7, 11) is 0. The number of benzene rings is 1. The van der Waals surface area contributed by atoms with Crippen LogP contribution >= 0.6 is 11.8 Å². The second kappa shape index (κ2) is 5.71. The second-order valence-corrected chi connectivity index (χ2v) is 6.20. The second-order valence-electron chi connectivity index (χ2n) is 5.05. The third kappa shape index (κ3) is 2.72. The molecule has 2 aromatic rings. The molecule has 3 N–H and O–H groups in total. The van der Waals surface area contributed by atoms with Crippen molar-refractivity contribution in [2.75, 3.05) is 23.8 Å². The van der Waals surface area contributed by atoms with Crippen LogP contribution in [0.2, 0.25) is 0 Å². The van der Waals surface area contributed by atoms with Crippen LogP contribution in [0.5, 0.6) is 0 Å². The molecule has 1 aliphatic rings. The Morgan fingerprint density at radius 2 is 2.30 bits per heavy atom. The van der Waals surface area contributed by atoms with E-state index in [1.807, 2.05) is 36.0 Å². The summed E-state index contributed by atoms with van der Waals surface area (Å²) in [5.74, 6) is 3.25. The maximum atomic E-state index is 12.4. The van der Waals surface area contributed by atoms with Crippen molar-refractivity contribution >= 4 is 34.4 Å². The van der Waals surface area contributed by atoms with E-state index in [0.29, 0.717) is 17.3 Å². The van der Waals surface area contributed by atoms with Crippen LogP contribution in [0.25, 0.3) is 10.9 Å². The van der Waals surface area contributed by atoms with E-state index in [1.54, 1.807) is 6.07 Å². The molecular weight excluding hydrogens is 270 g/mol. The number of anilines is 1. The molecule has 1 saturated heterocycles. The Hall–Kier alpha value is -1.75.